The molecule has 0 spiro atoms. The maximum Gasteiger partial charge on any atom is 0.150 e. The van der Waals surface area contributed by atoms with Gasteiger partial charge in [0.15, 0.2) is 6.29 Å². The second-order valence-corrected chi connectivity index (χ2v) is 4.65. The summed E-state index contributed by atoms with van der Waals surface area (Å²) < 4.78 is 10.8. The summed E-state index contributed by atoms with van der Waals surface area (Å²) in [6, 6.07) is 17.2. The fourth-order valence-electron chi connectivity index (χ4n) is 2.15. The van der Waals surface area contributed by atoms with Crippen molar-refractivity contribution < 1.29 is 13.9 Å². The zero-order chi connectivity index (χ0) is 14.5. The Bertz CT molecular complexity index is 715. The summed E-state index contributed by atoms with van der Waals surface area (Å²) in [6.07, 6.45) is 4.04. The topological polar surface area (TPSA) is 39.4 Å². The van der Waals surface area contributed by atoms with E-state index in [4.69, 9.17) is 9.15 Å². The Morgan fingerprint density at radius 3 is 2.62 bits per heavy atom. The third-order valence-corrected chi connectivity index (χ3v) is 3.23. The zero-order valence-electron chi connectivity index (χ0n) is 11.4. The van der Waals surface area contributed by atoms with Crippen LogP contribution in [0, 0.1) is 0 Å². The van der Waals surface area contributed by atoms with E-state index in [-0.39, 0.29) is 0 Å². The van der Waals surface area contributed by atoms with Gasteiger partial charge in [-0.1, -0.05) is 30.3 Å². The Hall–Kier alpha value is -2.81. The molecule has 1 heterocycles. The fourth-order valence-corrected chi connectivity index (χ4v) is 2.15. The highest BCUT2D eigenvalue weighted by molar-refractivity contribution is 5.88. The summed E-state index contributed by atoms with van der Waals surface area (Å²) in [7, 11) is 0. The van der Waals surface area contributed by atoms with Gasteiger partial charge in [-0.05, 0) is 35.4 Å². The van der Waals surface area contributed by atoms with Gasteiger partial charge in [0.05, 0.1) is 12.5 Å². The highest BCUT2D eigenvalue weighted by atomic mass is 16.5. The van der Waals surface area contributed by atoms with Crippen molar-refractivity contribution in [3.05, 3.63) is 78.3 Å². The van der Waals surface area contributed by atoms with Crippen LogP contribution in [0.15, 0.2) is 71.5 Å². The molecule has 3 heteroatoms. The molecule has 0 unspecified atom stereocenters. The molecule has 0 bridgehead atoms. The second-order valence-electron chi connectivity index (χ2n) is 4.65. The van der Waals surface area contributed by atoms with E-state index in [1.54, 1.807) is 18.6 Å². The Balaban J connectivity index is 1.80. The first-order valence-electron chi connectivity index (χ1n) is 6.65. The van der Waals surface area contributed by atoms with Gasteiger partial charge >= 0.3 is 0 Å². The van der Waals surface area contributed by atoms with E-state index in [1.165, 1.54) is 0 Å². The normalized spacial score (nSPS) is 10.3. The molecule has 0 radical (unpaired) electrons. The predicted molar refractivity (Wildman–Crippen MR) is 80.3 cm³/mol. The van der Waals surface area contributed by atoms with Gasteiger partial charge in [-0.25, -0.2) is 0 Å². The Morgan fingerprint density at radius 2 is 1.90 bits per heavy atom. The molecule has 3 aromatic rings. The molecule has 0 atom stereocenters. The largest absolute Gasteiger partial charge is 0.489 e. The van der Waals surface area contributed by atoms with Crippen molar-refractivity contribution in [2.24, 2.45) is 0 Å². The van der Waals surface area contributed by atoms with E-state index in [0.29, 0.717) is 17.9 Å². The molecule has 104 valence electrons. The van der Waals surface area contributed by atoms with Crippen LogP contribution in [0.2, 0.25) is 0 Å². The van der Waals surface area contributed by atoms with Crippen LogP contribution in [-0.2, 0) is 6.61 Å². The third-order valence-electron chi connectivity index (χ3n) is 3.23. The van der Waals surface area contributed by atoms with E-state index in [2.05, 4.69) is 0 Å². The third kappa shape index (κ3) is 3.03. The number of furan rings is 1. The molecule has 0 amide bonds. The van der Waals surface area contributed by atoms with Gasteiger partial charge in [0.25, 0.3) is 0 Å². The molecule has 0 aliphatic carbocycles. The minimum absolute atomic E-state index is 0.476. The monoisotopic (exact) mass is 278 g/mol. The van der Waals surface area contributed by atoms with Crippen molar-refractivity contribution in [2.75, 3.05) is 0 Å². The van der Waals surface area contributed by atoms with Crippen LogP contribution in [0.3, 0.4) is 0 Å². The lowest BCUT2D eigenvalue weighted by molar-refractivity contribution is 0.112. The quantitative estimate of drug-likeness (QED) is 0.652. The van der Waals surface area contributed by atoms with Crippen molar-refractivity contribution in [3.63, 3.8) is 0 Å². The Labute approximate surface area is 122 Å². The Kier molecular flexibility index (Phi) is 3.83. The lowest BCUT2D eigenvalue weighted by atomic mass is 10.0. The summed E-state index contributed by atoms with van der Waals surface area (Å²) in [6.45, 7) is 0.476. The van der Waals surface area contributed by atoms with Crippen LogP contribution in [0.5, 0.6) is 5.75 Å². The number of benzene rings is 2. The van der Waals surface area contributed by atoms with E-state index in [9.17, 15) is 4.79 Å². The average molecular weight is 278 g/mol. The molecule has 0 saturated carbocycles. The number of carbonyl (C=O) groups is 1. The molecule has 1 aromatic heterocycles. The molecule has 0 aliphatic rings. The van der Waals surface area contributed by atoms with Crippen molar-refractivity contribution >= 4 is 6.29 Å². The van der Waals surface area contributed by atoms with Crippen molar-refractivity contribution in [2.45, 2.75) is 6.61 Å². The average Bonchev–Trinajstić information content (AvgIpc) is 3.08. The molecular formula is C18H14O3. The summed E-state index contributed by atoms with van der Waals surface area (Å²) in [5.74, 6) is 0.674. The smallest absolute Gasteiger partial charge is 0.150 e. The lowest BCUT2D eigenvalue weighted by Crippen LogP contribution is -1.96. The van der Waals surface area contributed by atoms with Crippen molar-refractivity contribution in [1.82, 2.24) is 0 Å². The van der Waals surface area contributed by atoms with Gasteiger partial charge in [0.2, 0.25) is 0 Å². The summed E-state index contributed by atoms with van der Waals surface area (Å²) >= 11 is 0. The number of carbonyl (C=O) groups excluding carboxylic acids is 1. The number of aldehydes is 1. The molecule has 0 fully saturated rings. The first-order chi connectivity index (χ1) is 10.4. The van der Waals surface area contributed by atoms with E-state index in [1.807, 2.05) is 48.5 Å². The van der Waals surface area contributed by atoms with Gasteiger partial charge in [0.1, 0.15) is 12.4 Å². The highest BCUT2D eigenvalue weighted by Gasteiger charge is 2.07. The zero-order valence-corrected chi connectivity index (χ0v) is 11.4. The van der Waals surface area contributed by atoms with Gasteiger partial charge in [-0.3, -0.25) is 4.79 Å². The summed E-state index contributed by atoms with van der Waals surface area (Å²) in [4.78, 5) is 11.3. The van der Waals surface area contributed by atoms with Crippen LogP contribution in [0.1, 0.15) is 15.9 Å². The highest BCUT2D eigenvalue weighted by Crippen LogP contribution is 2.27. The SMILES string of the molecule is O=Cc1cc(OCc2ccccc2)ccc1-c1ccoc1. The minimum Gasteiger partial charge on any atom is -0.489 e. The Morgan fingerprint density at radius 1 is 1.05 bits per heavy atom. The predicted octanol–water partition coefficient (Wildman–Crippen LogP) is 4.34. The standard InChI is InChI=1S/C18H14O3/c19-11-16-10-17(21-12-14-4-2-1-3-5-14)6-7-18(16)15-8-9-20-13-15/h1-11,13H,12H2. The minimum atomic E-state index is 0.476. The number of ether oxygens (including phenoxy) is 1. The van der Waals surface area contributed by atoms with Crippen LogP contribution in [-0.4, -0.2) is 6.29 Å². The summed E-state index contributed by atoms with van der Waals surface area (Å²) in [5, 5.41) is 0. The van der Waals surface area contributed by atoms with Gasteiger partial charge in [0, 0.05) is 11.1 Å². The maximum absolute atomic E-state index is 11.3. The maximum atomic E-state index is 11.3. The number of hydrogen-bond acceptors (Lipinski definition) is 3. The van der Waals surface area contributed by atoms with Gasteiger partial charge in [-0.2, -0.15) is 0 Å². The second kappa shape index (κ2) is 6.09. The molecule has 0 aliphatic heterocycles. The number of hydrogen-bond donors (Lipinski definition) is 0. The van der Waals surface area contributed by atoms with Crippen LogP contribution >= 0.6 is 0 Å². The molecular weight excluding hydrogens is 264 g/mol. The fraction of sp³-hybridized carbons (Fsp3) is 0.0556. The first kappa shape index (κ1) is 13.2. The molecule has 0 N–H and O–H groups in total. The van der Waals surface area contributed by atoms with Crippen LogP contribution in [0.25, 0.3) is 11.1 Å². The van der Waals surface area contributed by atoms with Gasteiger partial charge in [-0.15, -0.1) is 0 Å². The molecule has 3 nitrogen and oxygen atoms in total. The number of rotatable bonds is 5. The molecule has 2 aromatic carbocycles. The van der Waals surface area contributed by atoms with Crippen LogP contribution in [0.4, 0.5) is 0 Å². The molecule has 21 heavy (non-hydrogen) atoms. The first-order valence-corrected chi connectivity index (χ1v) is 6.65. The van der Waals surface area contributed by atoms with Crippen LogP contribution < -0.4 is 4.74 Å². The van der Waals surface area contributed by atoms with Crippen molar-refractivity contribution in [3.8, 4) is 16.9 Å². The van der Waals surface area contributed by atoms with E-state index >= 15 is 0 Å². The molecule has 3 rings (SSSR count). The lowest BCUT2D eigenvalue weighted by Gasteiger charge is -2.09. The summed E-state index contributed by atoms with van der Waals surface area (Å²) in [5.41, 5.74) is 3.39. The molecule has 0 saturated heterocycles. The van der Waals surface area contributed by atoms with E-state index < -0.39 is 0 Å². The van der Waals surface area contributed by atoms with E-state index in [0.717, 1.165) is 23.0 Å². The van der Waals surface area contributed by atoms with Crippen molar-refractivity contribution in [1.29, 1.82) is 0 Å². The van der Waals surface area contributed by atoms with Gasteiger partial charge < -0.3 is 9.15 Å².